The number of alkyl halides is 3. The van der Waals surface area contributed by atoms with E-state index < -0.39 is 12.2 Å². The Labute approximate surface area is 95.1 Å². The molecule has 0 heterocycles. The number of rotatable bonds is 3. The molecule has 0 unspecified atom stereocenters. The van der Waals surface area contributed by atoms with Gasteiger partial charge < -0.3 is 11.5 Å². The molecule has 1 rings (SSSR count). The Morgan fingerprint density at radius 2 is 1.76 bits per heavy atom. The fraction of sp³-hybridized carbons (Fsp3) is 0.100. The van der Waals surface area contributed by atoms with Gasteiger partial charge in [0.15, 0.2) is 0 Å². The number of carbonyl (C=O) groups excluding carboxylic acids is 1. The van der Waals surface area contributed by atoms with Crippen molar-refractivity contribution in [2.75, 3.05) is 5.32 Å². The SMILES string of the molecule is N/C=C(\C(N)=O)c1ccc(NC(F)(F)F)cc1. The van der Waals surface area contributed by atoms with E-state index in [1.807, 2.05) is 0 Å². The van der Waals surface area contributed by atoms with E-state index in [-0.39, 0.29) is 11.3 Å². The molecular formula is C10H10F3N3O. The Balaban J connectivity index is 2.92. The molecule has 1 amide bonds. The minimum atomic E-state index is -4.50. The van der Waals surface area contributed by atoms with E-state index in [0.29, 0.717) is 5.56 Å². The van der Waals surface area contributed by atoms with Gasteiger partial charge in [0.05, 0.1) is 5.57 Å². The molecule has 1 aromatic rings. The molecule has 0 aliphatic rings. The van der Waals surface area contributed by atoms with Crippen molar-refractivity contribution in [1.82, 2.24) is 0 Å². The summed E-state index contributed by atoms with van der Waals surface area (Å²) in [5.41, 5.74) is 10.5. The van der Waals surface area contributed by atoms with E-state index in [1.165, 1.54) is 29.6 Å². The van der Waals surface area contributed by atoms with E-state index >= 15 is 0 Å². The van der Waals surface area contributed by atoms with Crippen LogP contribution in [0.3, 0.4) is 0 Å². The van der Waals surface area contributed by atoms with Crippen LogP contribution in [0.2, 0.25) is 0 Å². The van der Waals surface area contributed by atoms with Gasteiger partial charge in [0, 0.05) is 11.9 Å². The fourth-order valence-electron chi connectivity index (χ4n) is 1.22. The summed E-state index contributed by atoms with van der Waals surface area (Å²) in [4.78, 5) is 10.9. The van der Waals surface area contributed by atoms with E-state index in [4.69, 9.17) is 11.5 Å². The van der Waals surface area contributed by atoms with Crippen molar-refractivity contribution in [1.29, 1.82) is 0 Å². The van der Waals surface area contributed by atoms with Gasteiger partial charge in [-0.05, 0) is 17.7 Å². The van der Waals surface area contributed by atoms with Crippen molar-refractivity contribution in [2.45, 2.75) is 6.30 Å². The number of hydrogen-bond acceptors (Lipinski definition) is 3. The molecule has 0 radical (unpaired) electrons. The molecule has 7 heteroatoms. The van der Waals surface area contributed by atoms with E-state index in [1.54, 1.807) is 0 Å². The van der Waals surface area contributed by atoms with Crippen LogP contribution >= 0.6 is 0 Å². The Hall–Kier alpha value is -2.18. The van der Waals surface area contributed by atoms with Crippen molar-refractivity contribution in [3.8, 4) is 0 Å². The number of amides is 1. The van der Waals surface area contributed by atoms with Crippen LogP contribution in [0.15, 0.2) is 30.5 Å². The summed E-state index contributed by atoms with van der Waals surface area (Å²) < 4.78 is 35.9. The number of primary amides is 1. The van der Waals surface area contributed by atoms with Crippen molar-refractivity contribution >= 4 is 17.2 Å². The lowest BCUT2D eigenvalue weighted by molar-refractivity contribution is -0.112. The van der Waals surface area contributed by atoms with Crippen molar-refractivity contribution < 1.29 is 18.0 Å². The van der Waals surface area contributed by atoms with Crippen molar-refractivity contribution in [2.24, 2.45) is 11.5 Å². The standard InChI is InChI=1S/C10H10F3N3O/c11-10(12,13)16-7-3-1-6(2-4-7)8(5-14)9(15)17/h1-5,16H,14H2,(H2,15,17)/b8-5-. The number of benzene rings is 1. The Morgan fingerprint density at radius 3 is 2.12 bits per heavy atom. The highest BCUT2D eigenvalue weighted by atomic mass is 19.4. The minimum absolute atomic E-state index is 0.0450. The minimum Gasteiger partial charge on any atom is -0.404 e. The molecule has 0 fully saturated rings. The first-order chi connectivity index (χ1) is 7.83. The van der Waals surface area contributed by atoms with Gasteiger partial charge in [-0.3, -0.25) is 10.1 Å². The van der Waals surface area contributed by atoms with Gasteiger partial charge in [0.1, 0.15) is 0 Å². The zero-order valence-electron chi connectivity index (χ0n) is 8.58. The first-order valence-corrected chi connectivity index (χ1v) is 4.50. The molecule has 0 aliphatic carbocycles. The molecule has 0 atom stereocenters. The normalized spacial score (nSPS) is 12.3. The van der Waals surface area contributed by atoms with Gasteiger partial charge in [-0.2, -0.15) is 13.2 Å². The lowest BCUT2D eigenvalue weighted by atomic mass is 10.1. The first kappa shape index (κ1) is 12.9. The molecule has 0 spiro atoms. The van der Waals surface area contributed by atoms with E-state index in [0.717, 1.165) is 6.20 Å². The van der Waals surface area contributed by atoms with Crippen LogP contribution in [0.5, 0.6) is 0 Å². The van der Waals surface area contributed by atoms with Gasteiger partial charge in [-0.25, -0.2) is 0 Å². The van der Waals surface area contributed by atoms with E-state index in [9.17, 15) is 18.0 Å². The quantitative estimate of drug-likeness (QED) is 0.556. The first-order valence-electron chi connectivity index (χ1n) is 4.50. The zero-order chi connectivity index (χ0) is 13.1. The van der Waals surface area contributed by atoms with Crippen LogP contribution < -0.4 is 16.8 Å². The van der Waals surface area contributed by atoms with Gasteiger partial charge in [-0.1, -0.05) is 12.1 Å². The summed E-state index contributed by atoms with van der Waals surface area (Å²) in [6, 6.07) is 4.99. The molecule has 0 aliphatic heterocycles. The molecule has 17 heavy (non-hydrogen) atoms. The zero-order valence-corrected chi connectivity index (χ0v) is 8.58. The van der Waals surface area contributed by atoms with Crippen LogP contribution in [0.25, 0.3) is 5.57 Å². The maximum Gasteiger partial charge on any atom is 0.482 e. The van der Waals surface area contributed by atoms with Crippen LogP contribution in [-0.4, -0.2) is 12.2 Å². The summed E-state index contributed by atoms with van der Waals surface area (Å²) >= 11 is 0. The second-order valence-electron chi connectivity index (χ2n) is 3.14. The number of halogens is 3. The lowest BCUT2D eigenvalue weighted by Crippen LogP contribution is -2.20. The number of nitrogens with one attached hydrogen (secondary N) is 1. The average Bonchev–Trinajstić information content (AvgIpc) is 2.18. The largest absolute Gasteiger partial charge is 0.482 e. The average molecular weight is 245 g/mol. The third kappa shape index (κ3) is 3.71. The summed E-state index contributed by atoms with van der Waals surface area (Å²) in [7, 11) is 0. The second-order valence-corrected chi connectivity index (χ2v) is 3.14. The predicted octanol–water partition coefficient (Wildman–Crippen LogP) is 1.40. The second kappa shape index (κ2) is 4.77. The number of hydrogen-bond donors (Lipinski definition) is 3. The predicted molar refractivity (Wildman–Crippen MR) is 57.5 cm³/mol. The molecule has 0 saturated carbocycles. The monoisotopic (exact) mass is 245 g/mol. The van der Waals surface area contributed by atoms with Gasteiger partial charge >= 0.3 is 6.30 Å². The Bertz CT molecular complexity index is 437. The third-order valence-electron chi connectivity index (χ3n) is 1.91. The van der Waals surface area contributed by atoms with Gasteiger partial charge in [0.2, 0.25) is 0 Å². The Morgan fingerprint density at radius 1 is 1.24 bits per heavy atom. The maximum atomic E-state index is 12.0. The van der Waals surface area contributed by atoms with Crippen LogP contribution in [0.1, 0.15) is 5.56 Å². The summed E-state index contributed by atoms with van der Waals surface area (Å²) in [5.74, 6) is -0.746. The topological polar surface area (TPSA) is 81.1 Å². The summed E-state index contributed by atoms with van der Waals surface area (Å²) in [6.45, 7) is 0. The number of anilines is 1. The fourth-order valence-corrected chi connectivity index (χ4v) is 1.22. The number of carbonyl (C=O) groups is 1. The molecule has 1 aromatic carbocycles. The van der Waals surface area contributed by atoms with Crippen molar-refractivity contribution in [3.05, 3.63) is 36.0 Å². The molecular weight excluding hydrogens is 235 g/mol. The highest BCUT2D eigenvalue weighted by Gasteiger charge is 2.26. The lowest BCUT2D eigenvalue weighted by Gasteiger charge is -2.10. The highest BCUT2D eigenvalue weighted by molar-refractivity contribution is 6.18. The molecule has 5 N–H and O–H groups in total. The summed E-state index contributed by atoms with van der Waals surface area (Å²) in [6.07, 6.45) is -3.49. The Kier molecular flexibility index (Phi) is 3.62. The molecule has 92 valence electrons. The summed E-state index contributed by atoms with van der Waals surface area (Å²) in [5, 5.41) is 1.33. The molecule has 0 bridgehead atoms. The van der Waals surface area contributed by atoms with Crippen LogP contribution in [0.4, 0.5) is 18.9 Å². The smallest absolute Gasteiger partial charge is 0.404 e. The third-order valence-corrected chi connectivity index (χ3v) is 1.91. The molecule has 0 aromatic heterocycles. The van der Waals surface area contributed by atoms with E-state index in [2.05, 4.69) is 0 Å². The maximum absolute atomic E-state index is 12.0. The highest BCUT2D eigenvalue weighted by Crippen LogP contribution is 2.21. The van der Waals surface area contributed by atoms with Crippen molar-refractivity contribution in [3.63, 3.8) is 0 Å². The van der Waals surface area contributed by atoms with Crippen LogP contribution in [-0.2, 0) is 4.79 Å². The molecule has 0 saturated heterocycles. The van der Waals surface area contributed by atoms with Gasteiger partial charge in [0.25, 0.3) is 5.91 Å². The van der Waals surface area contributed by atoms with Crippen LogP contribution in [0, 0.1) is 0 Å². The van der Waals surface area contributed by atoms with Gasteiger partial charge in [-0.15, -0.1) is 0 Å². The molecule has 4 nitrogen and oxygen atoms in total. The number of nitrogens with two attached hydrogens (primary N) is 2.